The number of amides is 2. The second kappa shape index (κ2) is 10.7. The van der Waals surface area contributed by atoms with Crippen LogP contribution in [0.1, 0.15) is 50.8 Å². The molecule has 0 unspecified atom stereocenters. The molecule has 2 rings (SSSR count). The van der Waals surface area contributed by atoms with E-state index in [1.807, 2.05) is 26.0 Å². The molecule has 0 saturated heterocycles. The summed E-state index contributed by atoms with van der Waals surface area (Å²) in [5.41, 5.74) is 3.14. The number of rotatable bonds is 9. The lowest BCUT2D eigenvalue weighted by molar-refractivity contribution is -0.140. The number of hydrogen-bond donors (Lipinski definition) is 1. The monoisotopic (exact) mass is 398 g/mol. The van der Waals surface area contributed by atoms with Crippen LogP contribution < -0.4 is 5.32 Å². The zero-order valence-electron chi connectivity index (χ0n) is 17.7. The summed E-state index contributed by atoms with van der Waals surface area (Å²) in [6.45, 7) is 7.87. The third kappa shape index (κ3) is 7.00. The van der Waals surface area contributed by atoms with Crippen LogP contribution in [0.15, 0.2) is 48.5 Å². The molecule has 0 aliphatic carbocycles. The maximum Gasteiger partial charge on any atom is 0.242 e. The first-order chi connectivity index (χ1) is 13.8. The minimum atomic E-state index is -0.613. The topological polar surface area (TPSA) is 49.4 Å². The van der Waals surface area contributed by atoms with E-state index in [2.05, 4.69) is 24.4 Å². The molecule has 156 valence electrons. The van der Waals surface area contributed by atoms with Crippen molar-refractivity contribution in [3.63, 3.8) is 0 Å². The zero-order valence-corrected chi connectivity index (χ0v) is 17.7. The van der Waals surface area contributed by atoms with Crippen LogP contribution in [0.3, 0.4) is 0 Å². The molecule has 2 aromatic carbocycles. The Morgan fingerprint density at radius 1 is 0.931 bits per heavy atom. The molecule has 0 aliphatic heterocycles. The molecule has 0 spiro atoms. The van der Waals surface area contributed by atoms with Crippen LogP contribution in [0.4, 0.5) is 4.39 Å². The highest BCUT2D eigenvalue weighted by atomic mass is 19.1. The normalized spacial score (nSPS) is 11.9. The van der Waals surface area contributed by atoms with Crippen molar-refractivity contribution in [3.05, 3.63) is 71.0 Å². The Labute approximate surface area is 173 Å². The summed E-state index contributed by atoms with van der Waals surface area (Å²) in [6, 6.07) is 13.7. The molecule has 5 heteroatoms. The van der Waals surface area contributed by atoms with Crippen molar-refractivity contribution in [3.8, 4) is 0 Å². The Bertz CT molecular complexity index is 801. The minimum absolute atomic E-state index is 0.00944. The van der Waals surface area contributed by atoms with Crippen LogP contribution in [0.2, 0.25) is 0 Å². The average molecular weight is 399 g/mol. The van der Waals surface area contributed by atoms with Crippen molar-refractivity contribution in [1.82, 2.24) is 10.2 Å². The molecule has 0 bridgehead atoms. The molecule has 0 aliphatic rings. The number of hydrogen-bond acceptors (Lipinski definition) is 2. The fourth-order valence-electron chi connectivity index (χ4n) is 3.11. The molecular formula is C24H31FN2O2. The number of aryl methyl sites for hydroxylation is 2. The Balaban J connectivity index is 2.11. The number of nitrogens with one attached hydrogen (secondary N) is 1. The van der Waals surface area contributed by atoms with Gasteiger partial charge in [-0.2, -0.15) is 0 Å². The van der Waals surface area contributed by atoms with Gasteiger partial charge >= 0.3 is 0 Å². The standard InChI is InChI=1S/C24H31FN2O2/c1-5-19-6-8-20(9-7-19)12-15-23(28)27(18(4)24(29)26-17(2)3)16-21-10-13-22(25)14-11-21/h6-11,13-14,17-18H,5,12,15-16H2,1-4H3,(H,26,29)/t18-/m1/s1. The van der Waals surface area contributed by atoms with Gasteiger partial charge in [-0.1, -0.05) is 43.3 Å². The van der Waals surface area contributed by atoms with Crippen LogP contribution in [-0.2, 0) is 29.0 Å². The number of nitrogens with zero attached hydrogens (tertiary/aromatic N) is 1. The van der Waals surface area contributed by atoms with Crippen LogP contribution >= 0.6 is 0 Å². The number of benzene rings is 2. The van der Waals surface area contributed by atoms with Gasteiger partial charge in [-0.05, 0) is 62.4 Å². The number of carbonyl (C=O) groups excluding carboxylic acids is 2. The van der Waals surface area contributed by atoms with E-state index in [-0.39, 0.29) is 30.2 Å². The van der Waals surface area contributed by atoms with E-state index in [0.717, 1.165) is 17.5 Å². The minimum Gasteiger partial charge on any atom is -0.352 e. The van der Waals surface area contributed by atoms with Gasteiger partial charge in [-0.3, -0.25) is 9.59 Å². The molecule has 0 fully saturated rings. The first-order valence-electron chi connectivity index (χ1n) is 10.2. The van der Waals surface area contributed by atoms with Gasteiger partial charge in [0.25, 0.3) is 0 Å². The Hall–Kier alpha value is -2.69. The highest BCUT2D eigenvalue weighted by molar-refractivity contribution is 5.87. The molecule has 0 radical (unpaired) electrons. The summed E-state index contributed by atoms with van der Waals surface area (Å²) in [6.07, 6.45) is 1.90. The van der Waals surface area contributed by atoms with Gasteiger partial charge < -0.3 is 10.2 Å². The highest BCUT2D eigenvalue weighted by Gasteiger charge is 2.26. The number of carbonyl (C=O) groups is 2. The molecular weight excluding hydrogens is 367 g/mol. The molecule has 0 heterocycles. The van der Waals surface area contributed by atoms with Crippen LogP contribution in [0.5, 0.6) is 0 Å². The lowest BCUT2D eigenvalue weighted by Crippen LogP contribution is -2.49. The second-order valence-electron chi connectivity index (χ2n) is 7.66. The zero-order chi connectivity index (χ0) is 21.4. The molecule has 29 heavy (non-hydrogen) atoms. The van der Waals surface area contributed by atoms with E-state index in [1.54, 1.807) is 24.0 Å². The predicted molar refractivity (Wildman–Crippen MR) is 114 cm³/mol. The first-order valence-corrected chi connectivity index (χ1v) is 10.2. The third-order valence-electron chi connectivity index (χ3n) is 4.92. The summed E-state index contributed by atoms with van der Waals surface area (Å²) in [7, 11) is 0. The molecule has 1 N–H and O–H groups in total. The van der Waals surface area contributed by atoms with E-state index in [4.69, 9.17) is 0 Å². The molecule has 4 nitrogen and oxygen atoms in total. The Morgan fingerprint density at radius 2 is 1.48 bits per heavy atom. The summed E-state index contributed by atoms with van der Waals surface area (Å²) in [5, 5.41) is 2.87. The van der Waals surface area contributed by atoms with Gasteiger partial charge in [0, 0.05) is 19.0 Å². The SMILES string of the molecule is CCc1ccc(CCC(=O)N(Cc2ccc(F)cc2)[C@H](C)C(=O)NC(C)C)cc1. The summed E-state index contributed by atoms with van der Waals surface area (Å²) >= 11 is 0. The highest BCUT2D eigenvalue weighted by Crippen LogP contribution is 2.14. The Morgan fingerprint density at radius 3 is 2.03 bits per heavy atom. The quantitative estimate of drug-likeness (QED) is 0.686. The average Bonchev–Trinajstić information content (AvgIpc) is 2.71. The third-order valence-corrected chi connectivity index (χ3v) is 4.92. The van der Waals surface area contributed by atoms with Gasteiger partial charge in [0.15, 0.2) is 0 Å². The van der Waals surface area contributed by atoms with Crippen molar-refractivity contribution in [2.75, 3.05) is 0 Å². The lowest BCUT2D eigenvalue weighted by atomic mass is 10.0. The van der Waals surface area contributed by atoms with Gasteiger partial charge in [0.05, 0.1) is 0 Å². The molecule has 0 saturated carbocycles. The van der Waals surface area contributed by atoms with E-state index in [9.17, 15) is 14.0 Å². The van der Waals surface area contributed by atoms with Crippen molar-refractivity contribution in [2.45, 2.75) is 65.6 Å². The predicted octanol–water partition coefficient (Wildman–Crippen LogP) is 4.26. The van der Waals surface area contributed by atoms with Crippen molar-refractivity contribution in [2.24, 2.45) is 0 Å². The van der Waals surface area contributed by atoms with Gasteiger partial charge in [-0.25, -0.2) is 4.39 Å². The molecule has 2 aromatic rings. The summed E-state index contributed by atoms with van der Waals surface area (Å²) in [4.78, 5) is 27.1. The van der Waals surface area contributed by atoms with E-state index in [1.165, 1.54) is 17.7 Å². The summed E-state index contributed by atoms with van der Waals surface area (Å²) in [5.74, 6) is -0.615. The van der Waals surface area contributed by atoms with Crippen molar-refractivity contribution >= 4 is 11.8 Å². The second-order valence-corrected chi connectivity index (χ2v) is 7.66. The van der Waals surface area contributed by atoms with Crippen molar-refractivity contribution in [1.29, 1.82) is 0 Å². The number of halogens is 1. The Kier molecular flexibility index (Phi) is 8.37. The van der Waals surface area contributed by atoms with E-state index < -0.39 is 6.04 Å². The van der Waals surface area contributed by atoms with Gasteiger partial charge in [-0.15, -0.1) is 0 Å². The first kappa shape index (κ1) is 22.6. The van der Waals surface area contributed by atoms with E-state index >= 15 is 0 Å². The van der Waals surface area contributed by atoms with Crippen molar-refractivity contribution < 1.29 is 14.0 Å². The summed E-state index contributed by atoms with van der Waals surface area (Å²) < 4.78 is 13.2. The van der Waals surface area contributed by atoms with Crippen LogP contribution in [-0.4, -0.2) is 28.8 Å². The molecule has 1 atom stereocenters. The fraction of sp³-hybridized carbons (Fsp3) is 0.417. The van der Waals surface area contributed by atoms with E-state index in [0.29, 0.717) is 12.8 Å². The van der Waals surface area contributed by atoms with Gasteiger partial charge in [0.2, 0.25) is 11.8 Å². The smallest absolute Gasteiger partial charge is 0.242 e. The maximum atomic E-state index is 13.2. The van der Waals surface area contributed by atoms with Crippen LogP contribution in [0, 0.1) is 5.82 Å². The van der Waals surface area contributed by atoms with Gasteiger partial charge in [0.1, 0.15) is 11.9 Å². The van der Waals surface area contributed by atoms with Crippen LogP contribution in [0.25, 0.3) is 0 Å². The maximum absolute atomic E-state index is 13.2. The fourth-order valence-corrected chi connectivity index (χ4v) is 3.11. The molecule has 0 aromatic heterocycles. The largest absolute Gasteiger partial charge is 0.352 e. The molecule has 2 amide bonds. The lowest BCUT2D eigenvalue weighted by Gasteiger charge is -2.29.